The van der Waals surface area contributed by atoms with Crippen molar-refractivity contribution in [2.75, 3.05) is 18.4 Å². The predicted octanol–water partition coefficient (Wildman–Crippen LogP) is 0.782. The summed E-state index contributed by atoms with van der Waals surface area (Å²) >= 11 is 5.92. The SMILES string of the molecule is N/C(=N\[N+](=O)[O-])NCCCCCC(=O)NC1CNC(C(=O)Nc2cccc(Cl)c2)C1. The molecule has 2 amide bonds. The van der Waals surface area contributed by atoms with Crippen molar-refractivity contribution >= 4 is 35.1 Å². The van der Waals surface area contributed by atoms with Gasteiger partial charge in [0.1, 0.15) is 5.10 Å². The van der Waals surface area contributed by atoms with E-state index in [1.165, 1.54) is 0 Å². The first-order valence-electron chi connectivity index (χ1n) is 9.65. The van der Waals surface area contributed by atoms with E-state index in [1.807, 2.05) is 0 Å². The third-order valence-corrected chi connectivity index (χ3v) is 4.72. The smallest absolute Gasteiger partial charge is 0.266 e. The van der Waals surface area contributed by atoms with Crippen molar-refractivity contribution < 1.29 is 14.6 Å². The van der Waals surface area contributed by atoms with Crippen LogP contribution in [-0.4, -0.2) is 48.0 Å². The van der Waals surface area contributed by atoms with Gasteiger partial charge in [-0.15, -0.1) is 0 Å². The molecule has 164 valence electrons. The Morgan fingerprint density at radius 3 is 2.87 bits per heavy atom. The molecule has 11 nitrogen and oxygen atoms in total. The number of amides is 2. The first kappa shape index (κ1) is 23.4. The molecule has 2 atom stereocenters. The van der Waals surface area contributed by atoms with Crippen LogP contribution >= 0.6 is 11.6 Å². The zero-order valence-corrected chi connectivity index (χ0v) is 17.2. The number of unbranched alkanes of at least 4 members (excludes halogenated alkanes) is 2. The van der Waals surface area contributed by atoms with Gasteiger partial charge in [0.05, 0.1) is 6.04 Å². The zero-order valence-electron chi connectivity index (χ0n) is 16.4. The Balaban J connectivity index is 1.59. The average Bonchev–Trinajstić information content (AvgIpc) is 3.12. The summed E-state index contributed by atoms with van der Waals surface area (Å²) in [7, 11) is 0. The van der Waals surface area contributed by atoms with Crippen molar-refractivity contribution in [1.29, 1.82) is 0 Å². The Hall–Kier alpha value is -2.92. The molecule has 1 saturated heterocycles. The van der Waals surface area contributed by atoms with Crippen molar-refractivity contribution in [3.63, 3.8) is 0 Å². The van der Waals surface area contributed by atoms with Crippen LogP contribution in [-0.2, 0) is 9.59 Å². The van der Waals surface area contributed by atoms with Gasteiger partial charge in [0.25, 0.3) is 5.96 Å². The van der Waals surface area contributed by atoms with Gasteiger partial charge in [-0.3, -0.25) is 9.59 Å². The van der Waals surface area contributed by atoms with Crippen LogP contribution in [0.25, 0.3) is 0 Å². The molecule has 6 N–H and O–H groups in total. The van der Waals surface area contributed by atoms with Gasteiger partial charge < -0.3 is 27.0 Å². The monoisotopic (exact) mass is 439 g/mol. The summed E-state index contributed by atoms with van der Waals surface area (Å²) in [6, 6.07) is 6.43. The number of hydrazone groups is 1. The standard InChI is InChI=1S/C18H26ClN7O4/c19-12-5-4-6-13(9-12)24-17(28)15-10-14(11-22-15)23-16(27)7-2-1-3-8-21-18(20)25-26(29)30/h4-6,9,14-15,22H,1-3,7-8,10-11H2,(H,23,27)(H,24,28)(H3,20,21,25). The fourth-order valence-electron chi connectivity index (χ4n) is 3.07. The normalized spacial score (nSPS) is 18.6. The Morgan fingerprint density at radius 1 is 1.33 bits per heavy atom. The van der Waals surface area contributed by atoms with E-state index < -0.39 is 5.03 Å². The molecule has 2 rings (SSSR count). The Bertz CT molecular complexity index is 790. The van der Waals surface area contributed by atoms with Gasteiger partial charge in [0.15, 0.2) is 5.03 Å². The van der Waals surface area contributed by atoms with Crippen LogP contribution < -0.4 is 27.0 Å². The van der Waals surface area contributed by atoms with Crippen molar-refractivity contribution in [3.05, 3.63) is 39.4 Å². The Kier molecular flexibility index (Phi) is 9.29. The molecule has 1 heterocycles. The third-order valence-electron chi connectivity index (χ3n) is 4.48. The lowest BCUT2D eigenvalue weighted by Gasteiger charge is -2.13. The lowest BCUT2D eigenvalue weighted by atomic mass is 10.1. The van der Waals surface area contributed by atoms with Crippen LogP contribution in [0.2, 0.25) is 5.02 Å². The highest BCUT2D eigenvalue weighted by molar-refractivity contribution is 6.30. The molecule has 2 unspecified atom stereocenters. The summed E-state index contributed by atoms with van der Waals surface area (Å²) < 4.78 is 0. The number of rotatable bonds is 10. The highest BCUT2D eigenvalue weighted by Crippen LogP contribution is 2.16. The summed E-state index contributed by atoms with van der Waals surface area (Å²) in [6.07, 6.45) is 3.03. The molecular weight excluding hydrogens is 414 g/mol. The number of hydrogen-bond donors (Lipinski definition) is 5. The van der Waals surface area contributed by atoms with Crippen LogP contribution in [0.1, 0.15) is 32.1 Å². The molecule has 1 fully saturated rings. The molecular formula is C18H26ClN7O4. The molecule has 0 aromatic heterocycles. The minimum atomic E-state index is -0.865. The largest absolute Gasteiger partial charge is 0.365 e. The number of carbonyl (C=O) groups is 2. The molecule has 30 heavy (non-hydrogen) atoms. The summed E-state index contributed by atoms with van der Waals surface area (Å²) in [5.74, 6) is -0.470. The van der Waals surface area contributed by atoms with Crippen LogP contribution in [0.4, 0.5) is 5.69 Å². The molecule has 1 aliphatic rings. The maximum Gasteiger partial charge on any atom is 0.266 e. The number of anilines is 1. The van der Waals surface area contributed by atoms with Gasteiger partial charge in [-0.1, -0.05) is 24.1 Å². The summed E-state index contributed by atoms with van der Waals surface area (Å²) in [4.78, 5) is 34.6. The van der Waals surface area contributed by atoms with E-state index in [2.05, 4.69) is 26.4 Å². The number of benzene rings is 1. The number of nitrogens with zero attached hydrogens (tertiary/aromatic N) is 2. The van der Waals surface area contributed by atoms with Gasteiger partial charge in [0.2, 0.25) is 11.8 Å². The Morgan fingerprint density at radius 2 is 2.13 bits per heavy atom. The Labute approximate surface area is 178 Å². The van der Waals surface area contributed by atoms with E-state index in [1.54, 1.807) is 24.3 Å². The van der Waals surface area contributed by atoms with E-state index in [-0.39, 0.29) is 29.9 Å². The molecule has 1 aromatic carbocycles. The summed E-state index contributed by atoms with van der Waals surface area (Å²) in [5, 5.41) is 24.2. The zero-order chi connectivity index (χ0) is 21.9. The summed E-state index contributed by atoms with van der Waals surface area (Å²) in [5.41, 5.74) is 5.93. The number of guanidine groups is 1. The van der Waals surface area contributed by atoms with Gasteiger partial charge >= 0.3 is 0 Å². The number of halogens is 1. The fourth-order valence-corrected chi connectivity index (χ4v) is 3.26. The van der Waals surface area contributed by atoms with Crippen LogP contribution in [0.5, 0.6) is 0 Å². The van der Waals surface area contributed by atoms with Crippen molar-refractivity contribution in [2.24, 2.45) is 10.8 Å². The fraction of sp³-hybridized carbons (Fsp3) is 0.500. The number of nitrogens with two attached hydrogens (primary N) is 1. The van der Waals surface area contributed by atoms with E-state index >= 15 is 0 Å². The highest BCUT2D eigenvalue weighted by atomic mass is 35.5. The molecule has 1 aromatic rings. The van der Waals surface area contributed by atoms with E-state index in [9.17, 15) is 19.7 Å². The molecule has 12 heteroatoms. The first-order valence-corrected chi connectivity index (χ1v) is 10.0. The van der Waals surface area contributed by atoms with Gasteiger partial charge in [-0.25, -0.2) is 10.1 Å². The second-order valence-corrected chi connectivity index (χ2v) is 7.36. The second kappa shape index (κ2) is 11.9. The number of nitro groups is 1. The molecule has 0 aliphatic carbocycles. The number of hydrogen-bond acceptors (Lipinski definition) is 5. The third kappa shape index (κ3) is 8.62. The predicted molar refractivity (Wildman–Crippen MR) is 114 cm³/mol. The second-order valence-electron chi connectivity index (χ2n) is 6.92. The molecule has 0 spiro atoms. The quantitative estimate of drug-likeness (QED) is 0.118. The van der Waals surface area contributed by atoms with E-state index in [0.717, 1.165) is 6.42 Å². The highest BCUT2D eigenvalue weighted by Gasteiger charge is 2.30. The minimum absolute atomic E-state index is 0.0694. The van der Waals surface area contributed by atoms with Crippen molar-refractivity contribution in [2.45, 2.75) is 44.2 Å². The number of carbonyl (C=O) groups excluding carboxylic acids is 2. The van der Waals surface area contributed by atoms with Gasteiger partial charge in [0, 0.05) is 36.3 Å². The van der Waals surface area contributed by atoms with Gasteiger partial charge in [-0.05, 0) is 37.5 Å². The lowest BCUT2D eigenvalue weighted by Crippen LogP contribution is -2.36. The van der Waals surface area contributed by atoms with E-state index in [4.69, 9.17) is 17.3 Å². The average molecular weight is 440 g/mol. The molecule has 0 radical (unpaired) electrons. The summed E-state index contributed by atoms with van der Waals surface area (Å²) in [6.45, 7) is 0.971. The minimum Gasteiger partial charge on any atom is -0.365 e. The topological polar surface area (TPSA) is 164 Å². The van der Waals surface area contributed by atoms with Gasteiger partial charge in [-0.2, -0.15) is 0 Å². The molecule has 0 bridgehead atoms. The molecule has 1 aliphatic heterocycles. The van der Waals surface area contributed by atoms with Crippen LogP contribution in [0, 0.1) is 10.1 Å². The van der Waals surface area contributed by atoms with Crippen molar-refractivity contribution in [3.8, 4) is 0 Å². The van der Waals surface area contributed by atoms with Crippen molar-refractivity contribution in [1.82, 2.24) is 16.0 Å². The van der Waals surface area contributed by atoms with E-state index in [0.29, 0.717) is 49.5 Å². The maximum atomic E-state index is 12.3. The molecule has 0 saturated carbocycles. The maximum absolute atomic E-state index is 12.3. The number of nitrogens with one attached hydrogen (secondary N) is 4. The van der Waals surface area contributed by atoms with Crippen LogP contribution in [0.3, 0.4) is 0 Å². The first-order chi connectivity index (χ1) is 14.3. The van der Waals surface area contributed by atoms with Crippen LogP contribution in [0.15, 0.2) is 29.4 Å². The lowest BCUT2D eigenvalue weighted by molar-refractivity contribution is -0.485.